The fraction of sp³-hybridized carbons (Fsp3) is 0.133. The summed E-state index contributed by atoms with van der Waals surface area (Å²) in [7, 11) is 0. The van der Waals surface area contributed by atoms with Gasteiger partial charge in [0.05, 0.1) is 0 Å². The van der Waals surface area contributed by atoms with Crippen molar-refractivity contribution in [3.63, 3.8) is 0 Å². The van der Waals surface area contributed by atoms with Crippen LogP contribution in [0.4, 0.5) is 0 Å². The number of carboxylic acid groups (broad SMARTS) is 1. The fourth-order valence-electron chi connectivity index (χ4n) is 1.77. The second-order valence-electron chi connectivity index (χ2n) is 4.12. The lowest BCUT2D eigenvalue weighted by molar-refractivity contribution is -0.136. The molecule has 0 aliphatic heterocycles. The lowest BCUT2D eigenvalue weighted by Gasteiger charge is -2.07. The van der Waals surface area contributed by atoms with Crippen LogP contribution in [-0.4, -0.2) is 16.3 Å². The van der Waals surface area contributed by atoms with Crippen molar-refractivity contribution < 1.29 is 9.90 Å². The van der Waals surface area contributed by atoms with Crippen LogP contribution in [0, 0.1) is 0 Å². The van der Waals surface area contributed by atoms with Crippen LogP contribution in [-0.2, 0) is 11.2 Å². The van der Waals surface area contributed by atoms with Crippen molar-refractivity contribution in [2.24, 2.45) is 0 Å². The van der Waals surface area contributed by atoms with Crippen LogP contribution in [0.25, 0.3) is 11.1 Å². The molecule has 3 heteroatoms. The first-order chi connectivity index (χ1) is 8.66. The first-order valence-corrected chi connectivity index (χ1v) is 6.23. The molecule has 0 spiro atoms. The number of hydrogen-bond acceptors (Lipinski definition) is 2. The van der Waals surface area contributed by atoms with Gasteiger partial charge in [0.25, 0.3) is 0 Å². The van der Waals surface area contributed by atoms with Gasteiger partial charge in [0, 0.05) is 0 Å². The quantitative estimate of drug-likeness (QED) is 0.826. The van der Waals surface area contributed by atoms with Crippen LogP contribution in [0.1, 0.15) is 5.56 Å². The lowest BCUT2D eigenvalue weighted by atomic mass is 10.0. The molecular weight excluding hydrogens is 244 g/mol. The van der Waals surface area contributed by atoms with Crippen LogP contribution in [0.5, 0.6) is 0 Å². The molecule has 0 heterocycles. The van der Waals surface area contributed by atoms with Crippen molar-refractivity contribution in [2.45, 2.75) is 11.7 Å². The predicted molar refractivity (Wildman–Crippen MR) is 76.0 cm³/mol. The minimum atomic E-state index is -0.884. The molecule has 0 aromatic heterocycles. The molecule has 0 aliphatic carbocycles. The summed E-state index contributed by atoms with van der Waals surface area (Å²) in [6, 6.07) is 18.0. The topological polar surface area (TPSA) is 37.3 Å². The molecule has 0 saturated heterocycles. The van der Waals surface area contributed by atoms with Crippen molar-refractivity contribution in [1.29, 1.82) is 0 Å². The molecule has 0 unspecified atom stereocenters. The van der Waals surface area contributed by atoms with Crippen molar-refractivity contribution in [1.82, 2.24) is 0 Å². The number of carboxylic acids is 1. The number of aliphatic carboxylic acids is 1. The van der Waals surface area contributed by atoms with E-state index in [0.29, 0.717) is 6.42 Å². The number of benzene rings is 2. The molecule has 2 nitrogen and oxygen atoms in total. The summed E-state index contributed by atoms with van der Waals surface area (Å²) < 4.78 is 0. The van der Waals surface area contributed by atoms with Gasteiger partial charge >= 0.3 is 5.97 Å². The summed E-state index contributed by atoms with van der Waals surface area (Å²) >= 11 is 4.03. The van der Waals surface area contributed by atoms with Gasteiger partial charge in [0.2, 0.25) is 0 Å². The van der Waals surface area contributed by atoms with E-state index in [0.717, 1.165) is 16.7 Å². The van der Waals surface area contributed by atoms with E-state index in [1.807, 2.05) is 54.6 Å². The SMILES string of the molecule is O=C(O)[C@H](S)Cc1ccc(-c2ccccc2)cc1. The number of carbonyl (C=O) groups is 1. The summed E-state index contributed by atoms with van der Waals surface area (Å²) in [5.41, 5.74) is 3.27. The average molecular weight is 258 g/mol. The maximum Gasteiger partial charge on any atom is 0.316 e. The van der Waals surface area contributed by atoms with Gasteiger partial charge < -0.3 is 5.11 Å². The summed E-state index contributed by atoms with van der Waals surface area (Å²) in [6.07, 6.45) is 0.438. The van der Waals surface area contributed by atoms with E-state index in [1.165, 1.54) is 0 Å². The summed E-state index contributed by atoms with van der Waals surface area (Å²) in [6.45, 7) is 0. The largest absolute Gasteiger partial charge is 0.480 e. The molecule has 0 saturated carbocycles. The smallest absolute Gasteiger partial charge is 0.316 e. The Hall–Kier alpha value is -1.74. The van der Waals surface area contributed by atoms with E-state index in [2.05, 4.69) is 12.6 Å². The molecule has 2 aromatic rings. The molecule has 0 radical (unpaired) electrons. The third kappa shape index (κ3) is 3.14. The standard InChI is InChI=1S/C15H14O2S/c16-15(17)14(18)10-11-6-8-13(9-7-11)12-4-2-1-3-5-12/h1-9,14,18H,10H2,(H,16,17)/t14-/m1/s1. The van der Waals surface area contributed by atoms with Crippen molar-refractivity contribution >= 4 is 18.6 Å². The van der Waals surface area contributed by atoms with Crippen LogP contribution >= 0.6 is 12.6 Å². The van der Waals surface area contributed by atoms with E-state index in [4.69, 9.17) is 5.11 Å². The second kappa shape index (κ2) is 5.74. The highest BCUT2D eigenvalue weighted by Gasteiger charge is 2.12. The fourth-order valence-corrected chi connectivity index (χ4v) is 1.99. The van der Waals surface area contributed by atoms with Gasteiger partial charge in [-0.25, -0.2) is 0 Å². The Morgan fingerprint density at radius 3 is 2.11 bits per heavy atom. The highest BCUT2D eigenvalue weighted by molar-refractivity contribution is 7.81. The van der Waals surface area contributed by atoms with E-state index in [9.17, 15) is 4.79 Å². The normalized spacial score (nSPS) is 12.1. The monoisotopic (exact) mass is 258 g/mol. The zero-order valence-corrected chi connectivity index (χ0v) is 10.7. The second-order valence-corrected chi connectivity index (χ2v) is 4.74. The molecular formula is C15H14O2S. The van der Waals surface area contributed by atoms with Gasteiger partial charge in [-0.1, -0.05) is 54.6 Å². The first-order valence-electron chi connectivity index (χ1n) is 5.72. The van der Waals surface area contributed by atoms with Gasteiger partial charge in [0.15, 0.2) is 0 Å². The summed E-state index contributed by atoms with van der Waals surface area (Å²) in [5, 5.41) is 8.15. The zero-order chi connectivity index (χ0) is 13.0. The molecule has 0 fully saturated rings. The van der Waals surface area contributed by atoms with E-state index < -0.39 is 11.2 Å². The molecule has 1 atom stereocenters. The number of rotatable bonds is 4. The third-order valence-corrected chi connectivity index (χ3v) is 3.18. The minimum Gasteiger partial charge on any atom is -0.480 e. The van der Waals surface area contributed by atoms with E-state index in [1.54, 1.807) is 0 Å². The molecule has 2 aromatic carbocycles. The van der Waals surface area contributed by atoms with Gasteiger partial charge in [-0.15, -0.1) is 0 Å². The Morgan fingerprint density at radius 2 is 1.56 bits per heavy atom. The zero-order valence-electron chi connectivity index (χ0n) is 9.78. The van der Waals surface area contributed by atoms with Crippen molar-refractivity contribution in [3.05, 3.63) is 60.2 Å². The number of thiol groups is 1. The first kappa shape index (κ1) is 12.7. The van der Waals surface area contributed by atoms with Crippen LogP contribution < -0.4 is 0 Å². The molecule has 0 aliphatic rings. The highest BCUT2D eigenvalue weighted by Crippen LogP contribution is 2.20. The van der Waals surface area contributed by atoms with Crippen molar-refractivity contribution in [2.75, 3.05) is 0 Å². The Kier molecular flexibility index (Phi) is 4.05. The lowest BCUT2D eigenvalue weighted by Crippen LogP contribution is -2.15. The predicted octanol–water partition coefficient (Wildman–Crippen LogP) is 3.28. The third-order valence-electron chi connectivity index (χ3n) is 2.78. The Morgan fingerprint density at radius 1 is 1.00 bits per heavy atom. The highest BCUT2D eigenvalue weighted by atomic mass is 32.1. The molecule has 2 rings (SSSR count). The molecule has 1 N–H and O–H groups in total. The minimum absolute atomic E-state index is 0.438. The Bertz CT molecular complexity index is 520. The molecule has 0 amide bonds. The van der Waals surface area contributed by atoms with Crippen LogP contribution in [0.15, 0.2) is 54.6 Å². The van der Waals surface area contributed by atoms with Gasteiger partial charge in [-0.05, 0) is 23.1 Å². The van der Waals surface area contributed by atoms with Crippen LogP contribution in [0.3, 0.4) is 0 Å². The summed E-state index contributed by atoms with van der Waals surface area (Å²) in [5.74, 6) is -0.884. The average Bonchev–Trinajstić information content (AvgIpc) is 2.40. The Labute approximate surface area is 112 Å². The van der Waals surface area contributed by atoms with E-state index >= 15 is 0 Å². The van der Waals surface area contributed by atoms with Gasteiger partial charge in [-0.3, -0.25) is 4.79 Å². The number of hydrogen-bond donors (Lipinski definition) is 2. The molecule has 18 heavy (non-hydrogen) atoms. The molecule has 0 bridgehead atoms. The summed E-state index contributed by atoms with van der Waals surface area (Å²) in [4.78, 5) is 10.7. The van der Waals surface area contributed by atoms with E-state index in [-0.39, 0.29) is 0 Å². The van der Waals surface area contributed by atoms with Gasteiger partial charge in [0.1, 0.15) is 5.25 Å². The maximum atomic E-state index is 10.7. The Balaban J connectivity index is 2.13. The maximum absolute atomic E-state index is 10.7. The van der Waals surface area contributed by atoms with Crippen molar-refractivity contribution in [3.8, 4) is 11.1 Å². The molecule has 92 valence electrons. The van der Waals surface area contributed by atoms with Crippen LogP contribution in [0.2, 0.25) is 0 Å². The van der Waals surface area contributed by atoms with Gasteiger partial charge in [-0.2, -0.15) is 12.6 Å².